The highest BCUT2D eigenvalue weighted by Gasteiger charge is 2.26. The van der Waals surface area contributed by atoms with Gasteiger partial charge in [-0.1, -0.05) is 36.4 Å². The molecular weight excluding hydrogens is 400 g/mol. The van der Waals surface area contributed by atoms with Gasteiger partial charge in [0.1, 0.15) is 16.5 Å². The van der Waals surface area contributed by atoms with E-state index in [4.69, 9.17) is 21.5 Å². The lowest BCUT2D eigenvalue weighted by atomic mass is 10.0. The fraction of sp³-hybridized carbons (Fsp3) is 0.350. The lowest BCUT2D eigenvalue weighted by Crippen LogP contribution is -2.42. The molecule has 0 radical (unpaired) electrons. The molecule has 0 aliphatic carbocycles. The maximum absolute atomic E-state index is 12.5. The molecule has 0 aromatic heterocycles. The molecule has 0 saturated heterocycles. The summed E-state index contributed by atoms with van der Waals surface area (Å²) in [5, 5.41) is 5.30. The first-order valence-corrected chi connectivity index (χ1v) is 10.9. The fourth-order valence-electron chi connectivity index (χ4n) is 3.31. The zero-order valence-electron chi connectivity index (χ0n) is 16.1. The highest BCUT2D eigenvalue weighted by atomic mass is 35.5. The Bertz CT molecular complexity index is 919. The minimum absolute atomic E-state index is 0.0778. The third-order valence-corrected chi connectivity index (χ3v) is 5.80. The third-order valence-electron chi connectivity index (χ3n) is 4.64. The smallest absolute Gasteiger partial charge is 0.241 e. The monoisotopic (exact) mass is 424 g/mol. The van der Waals surface area contributed by atoms with E-state index >= 15 is 0 Å². The van der Waals surface area contributed by atoms with E-state index in [9.17, 15) is 13.2 Å². The Hall–Kier alpha value is -2.09. The van der Waals surface area contributed by atoms with E-state index in [-0.39, 0.29) is 34.5 Å². The number of hydrogen-bond donors (Lipinski definition) is 1. The third kappa shape index (κ3) is 5.25. The van der Waals surface area contributed by atoms with Crippen LogP contribution in [-0.4, -0.2) is 38.3 Å². The number of sulfonamides is 1. The van der Waals surface area contributed by atoms with Crippen LogP contribution in [0.25, 0.3) is 0 Å². The van der Waals surface area contributed by atoms with Crippen LogP contribution < -0.4 is 9.88 Å². The molecule has 0 fully saturated rings. The Morgan fingerprint density at radius 1 is 1.18 bits per heavy atom. The molecule has 8 heteroatoms. The lowest BCUT2D eigenvalue weighted by molar-refractivity contribution is -0.132. The number of rotatable bonds is 8. The zero-order valence-corrected chi connectivity index (χ0v) is 17.7. The summed E-state index contributed by atoms with van der Waals surface area (Å²) in [5.74, 6) is -0.136. The topological polar surface area (TPSA) is 89.7 Å². The van der Waals surface area contributed by atoms with Crippen LogP contribution in [0, 0.1) is 0 Å². The van der Waals surface area contributed by atoms with Crippen molar-refractivity contribution in [2.45, 2.75) is 37.2 Å². The van der Waals surface area contributed by atoms with Crippen LogP contribution in [0.2, 0.25) is 0 Å². The van der Waals surface area contributed by atoms with Crippen molar-refractivity contribution in [1.82, 2.24) is 4.90 Å². The van der Waals surface area contributed by atoms with Crippen LogP contribution in [0.15, 0.2) is 53.4 Å². The van der Waals surface area contributed by atoms with Crippen LogP contribution in [0.5, 0.6) is 5.75 Å². The molecule has 2 aromatic rings. The number of alkyl halides is 1. The number of nitrogens with two attached hydrogens (primary N) is 1. The van der Waals surface area contributed by atoms with Gasteiger partial charge in [-0.2, -0.15) is 0 Å². The average molecular weight is 425 g/mol. The van der Waals surface area contributed by atoms with Gasteiger partial charge in [-0.15, -0.1) is 11.6 Å². The summed E-state index contributed by atoms with van der Waals surface area (Å²) >= 11 is 5.85. The first-order valence-electron chi connectivity index (χ1n) is 8.80. The summed E-state index contributed by atoms with van der Waals surface area (Å²) in [4.78, 5) is 14.2. The van der Waals surface area contributed by atoms with Crippen LogP contribution >= 0.6 is 11.6 Å². The molecule has 0 aliphatic heterocycles. The molecule has 2 aromatic carbocycles. The normalized spacial score (nSPS) is 13.6. The van der Waals surface area contributed by atoms with Crippen LogP contribution in [-0.2, 0) is 21.2 Å². The molecule has 2 atom stereocenters. The Kier molecular flexibility index (Phi) is 7.46. The molecule has 0 bridgehead atoms. The molecule has 28 heavy (non-hydrogen) atoms. The van der Waals surface area contributed by atoms with Crippen LogP contribution in [0.3, 0.4) is 0 Å². The highest BCUT2D eigenvalue weighted by molar-refractivity contribution is 7.89. The van der Waals surface area contributed by atoms with Gasteiger partial charge >= 0.3 is 0 Å². The number of carbonyl (C=O) groups is 1. The van der Waals surface area contributed by atoms with Crippen molar-refractivity contribution < 1.29 is 17.9 Å². The summed E-state index contributed by atoms with van der Waals surface area (Å²) in [6.07, 6.45) is 0.437. The first kappa shape index (κ1) is 22.2. The number of methoxy groups -OCH3 is 1. The number of ether oxygens (including phenoxy) is 1. The summed E-state index contributed by atoms with van der Waals surface area (Å²) < 4.78 is 28.8. The van der Waals surface area contributed by atoms with E-state index in [2.05, 4.69) is 0 Å². The maximum Gasteiger partial charge on any atom is 0.241 e. The van der Waals surface area contributed by atoms with Crippen molar-refractivity contribution in [3.63, 3.8) is 0 Å². The van der Waals surface area contributed by atoms with E-state index in [1.165, 1.54) is 13.2 Å². The second-order valence-corrected chi connectivity index (χ2v) is 8.40. The van der Waals surface area contributed by atoms with Gasteiger partial charge in [0, 0.05) is 6.04 Å². The SMILES string of the molecule is COc1ccc(C[C@@H](C)N(C(=O)CCl)[C@H](C)c2ccccc2)cc1S(N)(=O)=O. The molecule has 0 spiro atoms. The number of amides is 1. The average Bonchev–Trinajstić information content (AvgIpc) is 2.67. The number of primary sulfonamides is 1. The first-order chi connectivity index (χ1) is 13.2. The van der Waals surface area contributed by atoms with Gasteiger partial charge in [-0.05, 0) is 43.5 Å². The molecule has 152 valence electrons. The summed E-state index contributed by atoms with van der Waals surface area (Å²) in [5.41, 5.74) is 1.72. The molecule has 0 heterocycles. The fourth-order valence-corrected chi connectivity index (χ4v) is 4.20. The van der Waals surface area contributed by atoms with Crippen molar-refractivity contribution in [2.24, 2.45) is 5.14 Å². The number of hydrogen-bond acceptors (Lipinski definition) is 4. The summed E-state index contributed by atoms with van der Waals surface area (Å²) in [7, 11) is -2.55. The van der Waals surface area contributed by atoms with Crippen molar-refractivity contribution >= 4 is 27.5 Å². The summed E-state index contributed by atoms with van der Waals surface area (Å²) in [6.45, 7) is 3.85. The van der Waals surface area contributed by atoms with Crippen molar-refractivity contribution in [3.05, 3.63) is 59.7 Å². The molecule has 0 unspecified atom stereocenters. The second kappa shape index (κ2) is 9.41. The number of benzene rings is 2. The minimum atomic E-state index is -3.93. The quantitative estimate of drug-likeness (QED) is 0.659. The standard InChI is InChI=1S/C20H25ClN2O4S/c1-14(11-16-9-10-18(27-3)19(12-16)28(22,25)26)23(20(24)13-21)15(2)17-7-5-4-6-8-17/h4-10,12,14-15H,11,13H2,1-3H3,(H2,22,25,26)/t14-,15-/m1/s1. The van der Waals surface area contributed by atoms with Gasteiger partial charge in [0.2, 0.25) is 15.9 Å². The van der Waals surface area contributed by atoms with Crippen LogP contribution in [0.4, 0.5) is 0 Å². The van der Waals surface area contributed by atoms with Gasteiger partial charge in [0.25, 0.3) is 0 Å². The van der Waals surface area contributed by atoms with E-state index in [0.717, 1.165) is 11.1 Å². The van der Waals surface area contributed by atoms with E-state index in [0.29, 0.717) is 6.42 Å². The summed E-state index contributed by atoms with van der Waals surface area (Å²) in [6, 6.07) is 14.1. The molecular formula is C20H25ClN2O4S. The van der Waals surface area contributed by atoms with E-state index < -0.39 is 10.0 Å². The van der Waals surface area contributed by atoms with Gasteiger partial charge < -0.3 is 9.64 Å². The lowest BCUT2D eigenvalue weighted by Gasteiger charge is -2.35. The number of carbonyl (C=O) groups excluding carboxylic acids is 1. The largest absolute Gasteiger partial charge is 0.495 e. The zero-order chi connectivity index (χ0) is 20.9. The van der Waals surface area contributed by atoms with Gasteiger partial charge in [0.05, 0.1) is 13.2 Å². The Morgan fingerprint density at radius 2 is 1.82 bits per heavy atom. The Labute approximate surface area is 171 Å². The van der Waals surface area contributed by atoms with Gasteiger partial charge in [0.15, 0.2) is 0 Å². The molecule has 2 N–H and O–H groups in total. The second-order valence-electron chi connectivity index (χ2n) is 6.60. The van der Waals surface area contributed by atoms with Crippen molar-refractivity contribution in [1.29, 1.82) is 0 Å². The molecule has 2 rings (SSSR count). The molecule has 0 aliphatic rings. The predicted octanol–water partition coefficient (Wildman–Crippen LogP) is 3.10. The van der Waals surface area contributed by atoms with Crippen molar-refractivity contribution in [2.75, 3.05) is 13.0 Å². The number of halogens is 1. The van der Waals surface area contributed by atoms with Gasteiger partial charge in [-0.25, -0.2) is 13.6 Å². The molecule has 6 nitrogen and oxygen atoms in total. The Morgan fingerprint density at radius 3 is 2.36 bits per heavy atom. The van der Waals surface area contributed by atoms with E-state index in [1.54, 1.807) is 17.0 Å². The Balaban J connectivity index is 2.34. The van der Waals surface area contributed by atoms with E-state index in [1.807, 2.05) is 44.2 Å². The van der Waals surface area contributed by atoms with Gasteiger partial charge in [-0.3, -0.25) is 4.79 Å². The molecule has 1 amide bonds. The molecule has 0 saturated carbocycles. The maximum atomic E-state index is 12.5. The highest BCUT2D eigenvalue weighted by Crippen LogP contribution is 2.27. The minimum Gasteiger partial charge on any atom is -0.495 e. The predicted molar refractivity (Wildman–Crippen MR) is 110 cm³/mol. The number of nitrogens with zero attached hydrogens (tertiary/aromatic N) is 1. The van der Waals surface area contributed by atoms with Crippen LogP contribution in [0.1, 0.15) is 31.0 Å². The van der Waals surface area contributed by atoms with Crippen molar-refractivity contribution in [3.8, 4) is 5.75 Å².